The van der Waals surface area contributed by atoms with Crippen LogP contribution in [-0.4, -0.2) is 0 Å². The van der Waals surface area contributed by atoms with Crippen LogP contribution in [0.4, 0.5) is 0 Å². The first-order chi connectivity index (χ1) is 10.4. The van der Waals surface area contributed by atoms with Crippen LogP contribution in [0.2, 0.25) is 0 Å². The summed E-state index contributed by atoms with van der Waals surface area (Å²) in [6.45, 7) is 0. The van der Waals surface area contributed by atoms with Crippen molar-refractivity contribution in [1.29, 1.82) is 0 Å². The van der Waals surface area contributed by atoms with E-state index in [0.717, 1.165) is 0 Å². The van der Waals surface area contributed by atoms with E-state index in [1.807, 2.05) is 0 Å². The molecule has 0 spiro atoms. The molecule has 102 valence electrons. The highest BCUT2D eigenvalue weighted by Crippen LogP contribution is 2.39. The second-order valence-corrected chi connectivity index (χ2v) is 5.74. The van der Waals surface area contributed by atoms with E-state index in [-0.39, 0.29) is 0 Å². The molecule has 0 fully saturated rings. The van der Waals surface area contributed by atoms with E-state index in [9.17, 15) is 0 Å². The normalized spacial score (nSPS) is 20.6. The quantitative estimate of drug-likeness (QED) is 0.697. The Kier molecular flexibility index (Phi) is 3.08. The topological polar surface area (TPSA) is 0 Å². The van der Waals surface area contributed by atoms with E-state index in [1.165, 1.54) is 16.7 Å². The maximum absolute atomic E-state index is 2.30. The van der Waals surface area contributed by atoms with Gasteiger partial charge in [-0.2, -0.15) is 0 Å². The van der Waals surface area contributed by atoms with E-state index < -0.39 is 0 Å². The molecule has 0 atom stereocenters. The monoisotopic (exact) mass is 270 g/mol. The van der Waals surface area contributed by atoms with Crippen molar-refractivity contribution in [2.75, 3.05) is 0 Å². The molecular formula is C21H18. The Balaban J connectivity index is 1.88. The highest BCUT2D eigenvalue weighted by molar-refractivity contribution is 5.53. The summed E-state index contributed by atoms with van der Waals surface area (Å²) in [6, 6.07) is 6.77. The third-order valence-corrected chi connectivity index (χ3v) is 4.47. The second-order valence-electron chi connectivity index (χ2n) is 5.74. The van der Waals surface area contributed by atoms with Crippen molar-refractivity contribution in [2.45, 2.75) is 17.8 Å². The molecule has 3 aliphatic carbocycles. The summed E-state index contributed by atoms with van der Waals surface area (Å²) in [5, 5.41) is 0. The molecule has 0 aliphatic heterocycles. The van der Waals surface area contributed by atoms with Crippen molar-refractivity contribution >= 4 is 0 Å². The van der Waals surface area contributed by atoms with Gasteiger partial charge >= 0.3 is 0 Å². The lowest BCUT2D eigenvalue weighted by Gasteiger charge is -2.22. The van der Waals surface area contributed by atoms with Crippen molar-refractivity contribution in [3.05, 3.63) is 108 Å². The van der Waals surface area contributed by atoms with Crippen LogP contribution in [0.3, 0.4) is 0 Å². The van der Waals surface area contributed by atoms with Gasteiger partial charge in [0.2, 0.25) is 0 Å². The number of hydrogen-bond acceptors (Lipinski definition) is 0. The fourth-order valence-corrected chi connectivity index (χ4v) is 3.47. The maximum atomic E-state index is 2.30. The highest BCUT2D eigenvalue weighted by Gasteiger charge is 2.23. The van der Waals surface area contributed by atoms with Gasteiger partial charge in [0.1, 0.15) is 0 Å². The lowest BCUT2D eigenvalue weighted by molar-refractivity contribution is 0.942. The third-order valence-electron chi connectivity index (χ3n) is 4.47. The van der Waals surface area contributed by atoms with E-state index in [0.29, 0.717) is 17.8 Å². The molecule has 4 rings (SSSR count). The lowest BCUT2D eigenvalue weighted by atomic mass is 9.81. The van der Waals surface area contributed by atoms with Gasteiger partial charge in [0, 0.05) is 17.8 Å². The number of allylic oxidation sites excluding steroid dienone is 12. The van der Waals surface area contributed by atoms with Gasteiger partial charge in [-0.05, 0) is 16.7 Å². The first kappa shape index (κ1) is 12.4. The van der Waals surface area contributed by atoms with Crippen molar-refractivity contribution in [2.24, 2.45) is 0 Å². The number of rotatable bonds is 3. The van der Waals surface area contributed by atoms with Crippen LogP contribution in [0.25, 0.3) is 0 Å². The Morgan fingerprint density at radius 3 is 1.29 bits per heavy atom. The Hall–Kier alpha value is -2.34. The SMILES string of the molecule is C1=CC(c2cccc(C3C=CC=C3)c2C2C=CC=C2)C=C1. The maximum Gasteiger partial charge on any atom is 0.0211 e. The third kappa shape index (κ3) is 2.17. The fraction of sp³-hybridized carbons (Fsp3) is 0.143. The molecule has 0 bridgehead atoms. The molecule has 3 aliphatic rings. The van der Waals surface area contributed by atoms with Crippen molar-refractivity contribution in [3.8, 4) is 0 Å². The van der Waals surface area contributed by atoms with Gasteiger partial charge < -0.3 is 0 Å². The van der Waals surface area contributed by atoms with E-state index in [4.69, 9.17) is 0 Å². The zero-order valence-corrected chi connectivity index (χ0v) is 11.9. The summed E-state index contributed by atoms with van der Waals surface area (Å²) in [7, 11) is 0. The first-order valence-electron chi connectivity index (χ1n) is 7.61. The predicted molar refractivity (Wildman–Crippen MR) is 89.5 cm³/mol. The lowest BCUT2D eigenvalue weighted by Crippen LogP contribution is -2.06. The Morgan fingerprint density at radius 2 is 0.857 bits per heavy atom. The smallest absolute Gasteiger partial charge is 0.0211 e. The van der Waals surface area contributed by atoms with Crippen LogP contribution in [-0.2, 0) is 0 Å². The standard InChI is InChI=1S/C21H18/c1-2-9-16(8-1)19-14-7-15-20(17-10-3-4-11-17)21(19)18-12-5-6-13-18/h1-18H. The van der Waals surface area contributed by atoms with Crippen molar-refractivity contribution in [1.82, 2.24) is 0 Å². The first-order valence-corrected chi connectivity index (χ1v) is 7.61. The molecule has 0 heteroatoms. The zero-order valence-electron chi connectivity index (χ0n) is 11.9. The molecule has 0 unspecified atom stereocenters. The summed E-state index contributed by atoms with van der Waals surface area (Å²) in [6.07, 6.45) is 26.6. The van der Waals surface area contributed by atoms with Crippen LogP contribution in [0, 0.1) is 0 Å². The minimum Gasteiger partial charge on any atom is -0.0732 e. The largest absolute Gasteiger partial charge is 0.0732 e. The molecule has 1 aromatic rings. The Labute approximate surface area is 126 Å². The van der Waals surface area contributed by atoms with E-state index in [2.05, 4.69) is 91.1 Å². The van der Waals surface area contributed by atoms with Gasteiger partial charge in [0.25, 0.3) is 0 Å². The van der Waals surface area contributed by atoms with Crippen LogP contribution in [0.15, 0.2) is 91.1 Å². The fourth-order valence-electron chi connectivity index (χ4n) is 3.47. The van der Waals surface area contributed by atoms with Crippen LogP contribution < -0.4 is 0 Å². The van der Waals surface area contributed by atoms with Crippen LogP contribution in [0.1, 0.15) is 34.4 Å². The molecule has 0 N–H and O–H groups in total. The summed E-state index contributed by atoms with van der Waals surface area (Å²) in [5.41, 5.74) is 4.35. The molecule has 0 amide bonds. The Bertz CT molecular complexity index is 640. The van der Waals surface area contributed by atoms with Crippen LogP contribution in [0.5, 0.6) is 0 Å². The molecule has 0 nitrogen and oxygen atoms in total. The van der Waals surface area contributed by atoms with Gasteiger partial charge in [0.15, 0.2) is 0 Å². The minimum absolute atomic E-state index is 0.404. The van der Waals surface area contributed by atoms with Gasteiger partial charge in [-0.25, -0.2) is 0 Å². The molecule has 0 radical (unpaired) electrons. The average Bonchev–Trinajstić information content (AvgIpc) is 3.28. The van der Waals surface area contributed by atoms with Crippen LogP contribution >= 0.6 is 0 Å². The van der Waals surface area contributed by atoms with Gasteiger partial charge in [-0.15, -0.1) is 0 Å². The minimum atomic E-state index is 0.404. The molecule has 0 heterocycles. The Morgan fingerprint density at radius 1 is 0.476 bits per heavy atom. The summed E-state index contributed by atoms with van der Waals surface area (Å²) in [4.78, 5) is 0. The molecule has 0 saturated heterocycles. The molecule has 1 aromatic carbocycles. The van der Waals surface area contributed by atoms with Crippen molar-refractivity contribution < 1.29 is 0 Å². The van der Waals surface area contributed by atoms with Gasteiger partial charge in [0.05, 0.1) is 0 Å². The molecule has 0 aromatic heterocycles. The predicted octanol–water partition coefficient (Wildman–Crippen LogP) is 5.32. The molecular weight excluding hydrogens is 252 g/mol. The van der Waals surface area contributed by atoms with E-state index in [1.54, 1.807) is 0 Å². The summed E-state index contributed by atoms with van der Waals surface area (Å²) >= 11 is 0. The zero-order chi connectivity index (χ0) is 14.1. The molecule has 21 heavy (non-hydrogen) atoms. The van der Waals surface area contributed by atoms with E-state index >= 15 is 0 Å². The number of hydrogen-bond donors (Lipinski definition) is 0. The summed E-state index contributed by atoms with van der Waals surface area (Å²) < 4.78 is 0. The molecule has 0 saturated carbocycles. The highest BCUT2D eigenvalue weighted by atomic mass is 14.3. The second kappa shape index (κ2) is 5.21. The van der Waals surface area contributed by atoms with Gasteiger partial charge in [-0.3, -0.25) is 0 Å². The van der Waals surface area contributed by atoms with Crippen molar-refractivity contribution in [3.63, 3.8) is 0 Å². The van der Waals surface area contributed by atoms with Gasteiger partial charge in [-0.1, -0.05) is 91.1 Å². The summed E-state index contributed by atoms with van der Waals surface area (Å²) in [5.74, 6) is 1.23. The average molecular weight is 270 g/mol. The number of benzene rings is 1.